The number of nitrogens with zero attached hydrogens (tertiary/aromatic N) is 1. The van der Waals surface area contributed by atoms with Crippen molar-refractivity contribution in [3.05, 3.63) is 71.8 Å². The van der Waals surface area contributed by atoms with Crippen LogP contribution in [0.5, 0.6) is 0 Å². The average Bonchev–Trinajstić information content (AvgIpc) is 3.02. The summed E-state index contributed by atoms with van der Waals surface area (Å²) in [5.74, 6) is -1.48. The molecule has 3 rings (SSSR count). The van der Waals surface area contributed by atoms with Crippen LogP contribution >= 0.6 is 0 Å². The van der Waals surface area contributed by atoms with E-state index in [0.717, 1.165) is 11.1 Å². The summed E-state index contributed by atoms with van der Waals surface area (Å²) in [4.78, 5) is 49.5. The van der Waals surface area contributed by atoms with Crippen molar-refractivity contribution >= 4 is 23.7 Å². The van der Waals surface area contributed by atoms with Crippen LogP contribution in [0.1, 0.15) is 24.0 Å². The first-order valence-corrected chi connectivity index (χ1v) is 8.84. The second-order valence-electron chi connectivity index (χ2n) is 6.04. The third-order valence-corrected chi connectivity index (χ3v) is 3.88. The Balaban J connectivity index is 0.000000221. The van der Waals surface area contributed by atoms with E-state index >= 15 is 0 Å². The Morgan fingerprint density at radius 1 is 0.857 bits per heavy atom. The molecule has 28 heavy (non-hydrogen) atoms. The number of carbonyl (C=O) groups is 4. The molecule has 2 aromatic carbocycles. The van der Waals surface area contributed by atoms with Crippen LogP contribution in [0.4, 0.5) is 0 Å². The van der Waals surface area contributed by atoms with E-state index in [2.05, 4.69) is 5.32 Å². The van der Waals surface area contributed by atoms with E-state index in [4.69, 9.17) is 4.84 Å². The number of amides is 3. The van der Waals surface area contributed by atoms with Gasteiger partial charge in [0.2, 0.25) is 5.91 Å². The third kappa shape index (κ3) is 6.68. The van der Waals surface area contributed by atoms with Gasteiger partial charge < -0.3 is 10.2 Å². The number of nitrogens with one attached hydrogen (secondary N) is 1. The summed E-state index contributed by atoms with van der Waals surface area (Å²) in [6.45, 7) is 0. The van der Waals surface area contributed by atoms with Crippen LogP contribution < -0.4 is 5.32 Å². The smallest absolute Gasteiger partial charge is 0.337 e. The molecule has 1 aliphatic heterocycles. The Bertz CT molecular complexity index is 805. The lowest BCUT2D eigenvalue weighted by atomic mass is 10.1. The van der Waals surface area contributed by atoms with Gasteiger partial charge in [0.05, 0.1) is 12.8 Å². The van der Waals surface area contributed by atoms with E-state index in [1.807, 2.05) is 36.4 Å². The van der Waals surface area contributed by atoms with Gasteiger partial charge in [0.15, 0.2) is 0 Å². The quantitative estimate of drug-likeness (QED) is 0.796. The maximum Gasteiger partial charge on any atom is 0.337 e. The lowest BCUT2D eigenvalue weighted by molar-refractivity contribution is -0.197. The molecule has 0 spiro atoms. The zero-order chi connectivity index (χ0) is 20.4. The number of imide groups is 1. The molecule has 7 nitrogen and oxygen atoms in total. The minimum absolute atomic E-state index is 0.0396. The minimum atomic E-state index is -0.611. The molecule has 0 saturated carbocycles. The number of carbonyl (C=O) groups excluding carboxylic acids is 4. The molecule has 1 heterocycles. The van der Waals surface area contributed by atoms with E-state index in [1.54, 1.807) is 31.3 Å². The molecule has 1 N–H and O–H groups in total. The zero-order valence-electron chi connectivity index (χ0n) is 15.6. The predicted molar refractivity (Wildman–Crippen MR) is 102 cm³/mol. The highest BCUT2D eigenvalue weighted by atomic mass is 16.7. The molecule has 0 atom stereocenters. The van der Waals surface area contributed by atoms with Gasteiger partial charge in [-0.2, -0.15) is 0 Å². The Morgan fingerprint density at radius 3 is 1.79 bits per heavy atom. The maximum atomic E-state index is 11.5. The van der Waals surface area contributed by atoms with Crippen LogP contribution in [0.15, 0.2) is 60.7 Å². The zero-order valence-corrected chi connectivity index (χ0v) is 15.6. The molecule has 2 aromatic rings. The molecule has 0 aromatic heterocycles. The van der Waals surface area contributed by atoms with Crippen LogP contribution in [0.25, 0.3) is 0 Å². The van der Waals surface area contributed by atoms with E-state index in [-0.39, 0.29) is 25.2 Å². The molecule has 0 radical (unpaired) electrons. The van der Waals surface area contributed by atoms with Crippen molar-refractivity contribution in [1.82, 2.24) is 10.4 Å². The van der Waals surface area contributed by atoms with Crippen LogP contribution in [0, 0.1) is 0 Å². The predicted octanol–water partition coefficient (Wildman–Crippen LogP) is 1.81. The molecule has 0 bridgehead atoms. The molecule has 3 amide bonds. The highest BCUT2D eigenvalue weighted by Crippen LogP contribution is 2.13. The SMILES string of the molecule is CNC(=O)Cc1ccccc1.O=C(Cc1ccccc1)ON1C(=O)CCC1=O. The minimum Gasteiger partial charge on any atom is -0.359 e. The van der Waals surface area contributed by atoms with Crippen LogP contribution in [-0.4, -0.2) is 35.8 Å². The van der Waals surface area contributed by atoms with Crippen molar-refractivity contribution in [2.45, 2.75) is 25.7 Å². The lowest BCUT2D eigenvalue weighted by Crippen LogP contribution is -2.32. The molecule has 1 fully saturated rings. The van der Waals surface area contributed by atoms with E-state index in [9.17, 15) is 19.2 Å². The van der Waals surface area contributed by atoms with Crippen molar-refractivity contribution in [2.24, 2.45) is 0 Å². The maximum absolute atomic E-state index is 11.5. The number of benzene rings is 2. The number of hydroxylamine groups is 2. The van der Waals surface area contributed by atoms with Crippen LogP contribution in [-0.2, 0) is 36.9 Å². The first-order valence-electron chi connectivity index (χ1n) is 8.84. The Morgan fingerprint density at radius 2 is 1.32 bits per heavy atom. The molecule has 1 aliphatic rings. The standard InChI is InChI=1S/C12H11NO4.C9H11NO/c14-10-6-7-11(15)13(10)17-12(16)8-9-4-2-1-3-5-9;1-10-9(11)7-8-5-3-2-4-6-8/h1-5H,6-8H2;2-6H,7H2,1H3,(H,10,11). The van der Waals surface area contributed by atoms with Gasteiger partial charge in [-0.15, -0.1) is 5.06 Å². The van der Waals surface area contributed by atoms with Crippen LogP contribution in [0.2, 0.25) is 0 Å². The molecular formula is C21H22N2O5. The van der Waals surface area contributed by atoms with Gasteiger partial charge in [-0.1, -0.05) is 60.7 Å². The summed E-state index contributed by atoms with van der Waals surface area (Å²) >= 11 is 0. The molecule has 0 aliphatic carbocycles. The van der Waals surface area contributed by atoms with Crippen molar-refractivity contribution in [3.8, 4) is 0 Å². The fourth-order valence-electron chi connectivity index (χ4n) is 2.42. The first-order chi connectivity index (χ1) is 13.5. The van der Waals surface area contributed by atoms with E-state index < -0.39 is 17.8 Å². The van der Waals surface area contributed by atoms with Gasteiger partial charge in [0.1, 0.15) is 0 Å². The molecule has 1 saturated heterocycles. The molecule has 146 valence electrons. The largest absolute Gasteiger partial charge is 0.359 e. The van der Waals surface area contributed by atoms with Gasteiger partial charge in [-0.05, 0) is 11.1 Å². The highest BCUT2D eigenvalue weighted by Gasteiger charge is 2.32. The topological polar surface area (TPSA) is 92.8 Å². The van der Waals surface area contributed by atoms with Crippen molar-refractivity contribution in [1.29, 1.82) is 0 Å². The van der Waals surface area contributed by atoms with Crippen molar-refractivity contribution < 1.29 is 24.0 Å². The summed E-state index contributed by atoms with van der Waals surface area (Å²) in [6, 6.07) is 18.7. The Hall–Kier alpha value is -3.48. The molecule has 0 unspecified atom stereocenters. The second-order valence-corrected chi connectivity index (χ2v) is 6.04. The van der Waals surface area contributed by atoms with Crippen LogP contribution in [0.3, 0.4) is 0 Å². The number of likely N-dealkylation sites (N-methyl/N-ethyl adjacent to an activating group) is 1. The summed E-state index contributed by atoms with van der Waals surface area (Å²) in [5, 5.41) is 3.14. The second kappa shape index (κ2) is 10.6. The molecule has 7 heteroatoms. The average molecular weight is 382 g/mol. The Labute approximate surface area is 163 Å². The van der Waals surface area contributed by atoms with E-state index in [1.165, 1.54) is 0 Å². The van der Waals surface area contributed by atoms with E-state index in [0.29, 0.717) is 11.5 Å². The normalized spacial score (nSPS) is 12.8. The summed E-state index contributed by atoms with van der Waals surface area (Å²) in [6.07, 6.45) is 0.726. The third-order valence-electron chi connectivity index (χ3n) is 3.88. The number of rotatable bonds is 5. The van der Waals surface area contributed by atoms with Gasteiger partial charge >= 0.3 is 5.97 Å². The van der Waals surface area contributed by atoms with Gasteiger partial charge in [0.25, 0.3) is 11.8 Å². The monoisotopic (exact) mass is 382 g/mol. The summed E-state index contributed by atoms with van der Waals surface area (Å²) < 4.78 is 0. The van der Waals surface area contributed by atoms with Gasteiger partial charge in [0, 0.05) is 19.9 Å². The van der Waals surface area contributed by atoms with Crippen molar-refractivity contribution in [2.75, 3.05) is 7.05 Å². The first kappa shape index (κ1) is 20.8. The number of hydrogen-bond donors (Lipinski definition) is 1. The fourth-order valence-corrected chi connectivity index (χ4v) is 2.42. The van der Waals surface area contributed by atoms with Crippen molar-refractivity contribution in [3.63, 3.8) is 0 Å². The Kier molecular flexibility index (Phi) is 7.90. The summed E-state index contributed by atoms with van der Waals surface area (Å²) in [7, 11) is 1.64. The lowest BCUT2D eigenvalue weighted by Gasteiger charge is -2.12. The fraction of sp³-hybridized carbons (Fsp3) is 0.238. The van der Waals surface area contributed by atoms with Gasteiger partial charge in [-0.25, -0.2) is 4.79 Å². The number of hydrogen-bond acceptors (Lipinski definition) is 5. The highest BCUT2D eigenvalue weighted by molar-refractivity contribution is 6.01. The van der Waals surface area contributed by atoms with Gasteiger partial charge in [-0.3, -0.25) is 14.4 Å². The molecular weight excluding hydrogens is 360 g/mol. The summed E-state index contributed by atoms with van der Waals surface area (Å²) in [5.41, 5.74) is 1.82.